The van der Waals surface area contributed by atoms with Crippen molar-refractivity contribution in [3.05, 3.63) is 24.3 Å². The topological polar surface area (TPSA) is 101 Å². The van der Waals surface area contributed by atoms with Crippen molar-refractivity contribution in [3.8, 4) is 0 Å². The van der Waals surface area contributed by atoms with E-state index in [2.05, 4.69) is 5.32 Å². The molecule has 92 valence electrons. The second-order valence-electron chi connectivity index (χ2n) is 3.42. The molecule has 0 aliphatic heterocycles. The van der Waals surface area contributed by atoms with Gasteiger partial charge in [0.2, 0.25) is 5.91 Å². The maximum absolute atomic E-state index is 11.1. The average molecular weight is 257 g/mol. The van der Waals surface area contributed by atoms with Crippen molar-refractivity contribution in [1.29, 1.82) is 0 Å². The first kappa shape index (κ1) is 13.2. The van der Waals surface area contributed by atoms with Gasteiger partial charge in [0.15, 0.2) is 9.84 Å². The Labute approximate surface area is 98.2 Å². The third kappa shape index (κ3) is 4.23. The summed E-state index contributed by atoms with van der Waals surface area (Å²) in [6, 6.07) is 5.48. The van der Waals surface area contributed by atoms with E-state index in [4.69, 9.17) is 5.11 Å². The van der Waals surface area contributed by atoms with E-state index in [0.717, 1.165) is 6.26 Å². The highest BCUT2D eigenvalue weighted by Crippen LogP contribution is 2.13. The number of aliphatic carboxylic acids is 1. The monoisotopic (exact) mass is 257 g/mol. The maximum atomic E-state index is 11.1. The van der Waals surface area contributed by atoms with Gasteiger partial charge in [0.25, 0.3) is 0 Å². The third-order valence-corrected chi connectivity index (χ3v) is 3.01. The molecule has 0 aromatic heterocycles. The molecule has 0 bridgehead atoms. The molecule has 0 aliphatic rings. The zero-order valence-electron chi connectivity index (χ0n) is 9.00. The SMILES string of the molecule is CS(=O)(=O)c1ccc(NC(=O)CC(=O)O)cc1. The first-order chi connectivity index (χ1) is 7.79. The number of carboxylic acids is 1. The summed E-state index contributed by atoms with van der Waals surface area (Å²) in [7, 11) is -3.27. The number of sulfone groups is 1. The molecule has 0 atom stereocenters. The van der Waals surface area contributed by atoms with E-state index < -0.39 is 28.1 Å². The molecule has 0 saturated heterocycles. The lowest BCUT2D eigenvalue weighted by Crippen LogP contribution is -2.15. The normalized spacial score (nSPS) is 10.9. The van der Waals surface area contributed by atoms with E-state index in [-0.39, 0.29) is 4.90 Å². The molecule has 1 amide bonds. The minimum atomic E-state index is -3.27. The predicted octanol–water partition coefficient (Wildman–Crippen LogP) is 0.503. The minimum absolute atomic E-state index is 0.133. The fraction of sp³-hybridized carbons (Fsp3) is 0.200. The number of anilines is 1. The highest BCUT2D eigenvalue weighted by Gasteiger charge is 2.09. The quantitative estimate of drug-likeness (QED) is 0.765. The maximum Gasteiger partial charge on any atom is 0.312 e. The van der Waals surface area contributed by atoms with Gasteiger partial charge in [0, 0.05) is 11.9 Å². The highest BCUT2D eigenvalue weighted by molar-refractivity contribution is 7.90. The zero-order chi connectivity index (χ0) is 13.1. The van der Waals surface area contributed by atoms with Crippen LogP contribution in [-0.2, 0) is 19.4 Å². The van der Waals surface area contributed by atoms with Crippen molar-refractivity contribution in [2.24, 2.45) is 0 Å². The molecule has 0 saturated carbocycles. The molecule has 7 heteroatoms. The Morgan fingerprint density at radius 3 is 2.18 bits per heavy atom. The number of carbonyl (C=O) groups excluding carboxylic acids is 1. The summed E-state index contributed by atoms with van der Waals surface area (Å²) < 4.78 is 22.3. The molecule has 0 aliphatic carbocycles. The van der Waals surface area contributed by atoms with Crippen molar-refractivity contribution in [2.45, 2.75) is 11.3 Å². The third-order valence-electron chi connectivity index (χ3n) is 1.88. The summed E-state index contributed by atoms with van der Waals surface area (Å²) in [5.41, 5.74) is 0.351. The van der Waals surface area contributed by atoms with Gasteiger partial charge in [0.05, 0.1) is 4.90 Å². The van der Waals surface area contributed by atoms with Crippen molar-refractivity contribution in [3.63, 3.8) is 0 Å². The van der Waals surface area contributed by atoms with Crippen molar-refractivity contribution in [1.82, 2.24) is 0 Å². The van der Waals surface area contributed by atoms with Gasteiger partial charge in [-0.15, -0.1) is 0 Å². The van der Waals surface area contributed by atoms with Crippen molar-refractivity contribution >= 4 is 27.4 Å². The lowest BCUT2D eigenvalue weighted by atomic mass is 10.3. The minimum Gasteiger partial charge on any atom is -0.481 e. The van der Waals surface area contributed by atoms with Crippen LogP contribution in [0.4, 0.5) is 5.69 Å². The Hall–Kier alpha value is -1.89. The van der Waals surface area contributed by atoms with E-state index in [0.29, 0.717) is 5.69 Å². The van der Waals surface area contributed by atoms with Gasteiger partial charge in [0.1, 0.15) is 6.42 Å². The van der Waals surface area contributed by atoms with Crippen LogP contribution in [0.15, 0.2) is 29.2 Å². The van der Waals surface area contributed by atoms with Gasteiger partial charge in [-0.1, -0.05) is 0 Å². The second kappa shape index (κ2) is 4.96. The Morgan fingerprint density at radius 1 is 1.24 bits per heavy atom. The molecule has 17 heavy (non-hydrogen) atoms. The molecule has 6 nitrogen and oxygen atoms in total. The molecule has 0 unspecified atom stereocenters. The molecule has 0 heterocycles. The van der Waals surface area contributed by atoms with Crippen LogP contribution in [0.3, 0.4) is 0 Å². The lowest BCUT2D eigenvalue weighted by molar-refractivity contribution is -0.139. The summed E-state index contributed by atoms with van der Waals surface area (Å²) >= 11 is 0. The summed E-state index contributed by atoms with van der Waals surface area (Å²) in [5, 5.41) is 10.7. The van der Waals surface area contributed by atoms with Crippen molar-refractivity contribution in [2.75, 3.05) is 11.6 Å². The second-order valence-corrected chi connectivity index (χ2v) is 5.43. The first-order valence-corrected chi connectivity index (χ1v) is 6.50. The van der Waals surface area contributed by atoms with Crippen LogP contribution in [0.5, 0.6) is 0 Å². The van der Waals surface area contributed by atoms with Crippen LogP contribution in [-0.4, -0.2) is 31.7 Å². The molecule has 2 N–H and O–H groups in total. The summed E-state index contributed by atoms with van der Waals surface area (Å²) in [6.45, 7) is 0. The molecule has 1 rings (SSSR count). The van der Waals surface area contributed by atoms with Gasteiger partial charge in [-0.2, -0.15) is 0 Å². The average Bonchev–Trinajstić information content (AvgIpc) is 2.15. The summed E-state index contributed by atoms with van der Waals surface area (Å²) in [6.07, 6.45) is 0.443. The zero-order valence-corrected chi connectivity index (χ0v) is 9.82. The molecule has 1 aromatic carbocycles. The Bertz CT molecular complexity index is 532. The van der Waals surface area contributed by atoms with Gasteiger partial charge in [-0.3, -0.25) is 9.59 Å². The fourth-order valence-corrected chi connectivity index (χ4v) is 1.76. The van der Waals surface area contributed by atoms with Crippen LogP contribution in [0.25, 0.3) is 0 Å². The fourth-order valence-electron chi connectivity index (χ4n) is 1.13. The highest BCUT2D eigenvalue weighted by atomic mass is 32.2. The van der Waals surface area contributed by atoms with Gasteiger partial charge in [-0.05, 0) is 24.3 Å². The van der Waals surface area contributed by atoms with Crippen molar-refractivity contribution < 1.29 is 23.1 Å². The van der Waals surface area contributed by atoms with Crippen LogP contribution in [0.2, 0.25) is 0 Å². The van der Waals surface area contributed by atoms with E-state index in [1.165, 1.54) is 24.3 Å². The van der Waals surface area contributed by atoms with Gasteiger partial charge in [-0.25, -0.2) is 8.42 Å². The number of amides is 1. The van der Waals surface area contributed by atoms with Crippen LogP contribution < -0.4 is 5.32 Å². The van der Waals surface area contributed by atoms with Gasteiger partial charge >= 0.3 is 5.97 Å². The van der Waals surface area contributed by atoms with E-state index in [9.17, 15) is 18.0 Å². The number of carboxylic acid groups (broad SMARTS) is 1. The number of rotatable bonds is 4. The molecule has 0 fully saturated rings. The molecular formula is C10H11NO5S. The van der Waals surface area contributed by atoms with Gasteiger partial charge < -0.3 is 10.4 Å². The molecule has 1 aromatic rings. The first-order valence-electron chi connectivity index (χ1n) is 4.61. The van der Waals surface area contributed by atoms with E-state index >= 15 is 0 Å². The number of hydrogen-bond donors (Lipinski definition) is 2. The summed E-state index contributed by atoms with van der Waals surface area (Å²) in [4.78, 5) is 21.5. The van der Waals surface area contributed by atoms with Crippen LogP contribution in [0.1, 0.15) is 6.42 Å². The Morgan fingerprint density at radius 2 is 1.76 bits per heavy atom. The standard InChI is InChI=1S/C10H11NO5S/c1-17(15,16)8-4-2-7(3-5-8)11-9(12)6-10(13)14/h2-5H,6H2,1H3,(H,11,12)(H,13,14). The van der Waals surface area contributed by atoms with E-state index in [1.54, 1.807) is 0 Å². The summed E-state index contributed by atoms with van der Waals surface area (Å²) in [5.74, 6) is -1.89. The largest absolute Gasteiger partial charge is 0.481 e. The Balaban J connectivity index is 2.76. The van der Waals surface area contributed by atoms with E-state index in [1.807, 2.05) is 0 Å². The number of carbonyl (C=O) groups is 2. The van der Waals surface area contributed by atoms with Crippen LogP contribution >= 0.6 is 0 Å². The Kier molecular flexibility index (Phi) is 3.84. The molecule has 0 radical (unpaired) electrons. The molecule has 0 spiro atoms. The predicted molar refractivity (Wildman–Crippen MR) is 60.4 cm³/mol. The molecular weight excluding hydrogens is 246 g/mol. The number of benzene rings is 1. The number of hydrogen-bond acceptors (Lipinski definition) is 4. The smallest absolute Gasteiger partial charge is 0.312 e. The number of nitrogens with one attached hydrogen (secondary N) is 1. The lowest BCUT2D eigenvalue weighted by Gasteiger charge is -2.04. The van der Waals surface area contributed by atoms with Crippen LogP contribution in [0, 0.1) is 0 Å².